The van der Waals surface area contributed by atoms with Crippen LogP contribution in [0.15, 0.2) is 42.6 Å². The second-order valence-corrected chi connectivity index (χ2v) is 6.65. The minimum absolute atomic E-state index is 0.0424. The Hall–Kier alpha value is -1.72. The predicted molar refractivity (Wildman–Crippen MR) is 80.7 cm³/mol. The van der Waals surface area contributed by atoms with E-state index in [1.165, 1.54) is 6.92 Å². The van der Waals surface area contributed by atoms with Gasteiger partial charge in [-0.1, -0.05) is 18.2 Å². The summed E-state index contributed by atoms with van der Waals surface area (Å²) in [6.07, 6.45) is 1.57. The van der Waals surface area contributed by atoms with Crippen LogP contribution < -0.4 is 5.32 Å². The fourth-order valence-corrected chi connectivity index (χ4v) is 2.14. The van der Waals surface area contributed by atoms with Crippen LogP contribution in [0.3, 0.4) is 0 Å². The van der Waals surface area contributed by atoms with Crippen LogP contribution >= 0.6 is 7.60 Å². The van der Waals surface area contributed by atoms with Crippen LogP contribution in [0.2, 0.25) is 0 Å². The minimum atomic E-state index is -4.21. The number of hydrogen-bond acceptors (Lipinski definition) is 4. The molecule has 0 saturated heterocycles. The molecule has 0 aliphatic heterocycles. The summed E-state index contributed by atoms with van der Waals surface area (Å²) >= 11 is 0. The molecular formula is C14H17N2O4P. The first-order valence-corrected chi connectivity index (χ1v) is 8.06. The van der Waals surface area contributed by atoms with Crippen molar-refractivity contribution in [3.05, 3.63) is 48.2 Å². The van der Waals surface area contributed by atoms with E-state index in [-0.39, 0.29) is 6.61 Å². The molecule has 4 N–H and O–H groups in total. The lowest BCUT2D eigenvalue weighted by Gasteiger charge is -2.16. The zero-order chi connectivity index (χ0) is 15.5. The first-order valence-electron chi connectivity index (χ1n) is 6.38. The molecule has 1 atom stereocenters. The number of hydrogen-bond donors (Lipinski definition) is 4. The second-order valence-electron chi connectivity index (χ2n) is 4.70. The van der Waals surface area contributed by atoms with Gasteiger partial charge in [-0.15, -0.1) is 0 Å². The quantitative estimate of drug-likeness (QED) is 0.631. The number of rotatable bonds is 5. The van der Waals surface area contributed by atoms with E-state index in [2.05, 4.69) is 10.3 Å². The molecular weight excluding hydrogens is 291 g/mol. The molecule has 2 rings (SSSR count). The molecule has 1 heterocycles. The lowest BCUT2D eigenvalue weighted by atomic mass is 10.0. The van der Waals surface area contributed by atoms with Crippen molar-refractivity contribution in [3.8, 4) is 11.1 Å². The number of aromatic nitrogens is 1. The van der Waals surface area contributed by atoms with Gasteiger partial charge in [0.15, 0.2) is 0 Å². The number of pyridine rings is 1. The van der Waals surface area contributed by atoms with E-state index >= 15 is 0 Å². The van der Waals surface area contributed by atoms with Crippen LogP contribution in [-0.2, 0) is 11.2 Å². The van der Waals surface area contributed by atoms with Crippen LogP contribution in [-0.4, -0.2) is 25.7 Å². The van der Waals surface area contributed by atoms with E-state index in [1.54, 1.807) is 18.3 Å². The highest BCUT2D eigenvalue weighted by Crippen LogP contribution is 2.40. The van der Waals surface area contributed by atoms with Gasteiger partial charge in [0, 0.05) is 6.20 Å². The summed E-state index contributed by atoms with van der Waals surface area (Å²) in [7, 11) is -4.21. The van der Waals surface area contributed by atoms with Crippen LogP contribution in [0, 0.1) is 0 Å². The van der Waals surface area contributed by atoms with Gasteiger partial charge in [-0.3, -0.25) is 4.57 Å². The van der Waals surface area contributed by atoms with Gasteiger partial charge in [0.2, 0.25) is 0 Å². The summed E-state index contributed by atoms with van der Waals surface area (Å²) < 4.78 is 11.2. The fourth-order valence-electron chi connectivity index (χ4n) is 1.84. The molecule has 1 unspecified atom stereocenters. The third kappa shape index (κ3) is 4.12. The van der Waals surface area contributed by atoms with E-state index in [4.69, 9.17) is 14.9 Å². The van der Waals surface area contributed by atoms with E-state index in [1.807, 2.05) is 24.3 Å². The van der Waals surface area contributed by atoms with Gasteiger partial charge in [-0.05, 0) is 41.8 Å². The Balaban J connectivity index is 2.27. The molecule has 6 nitrogen and oxygen atoms in total. The van der Waals surface area contributed by atoms with Gasteiger partial charge >= 0.3 is 7.60 Å². The van der Waals surface area contributed by atoms with E-state index in [9.17, 15) is 4.57 Å². The Morgan fingerprint density at radius 2 is 1.95 bits per heavy atom. The van der Waals surface area contributed by atoms with E-state index < -0.39 is 13.4 Å². The summed E-state index contributed by atoms with van der Waals surface area (Å²) in [5.41, 5.74) is 2.54. The fraction of sp³-hybridized carbons (Fsp3) is 0.214. The average molecular weight is 308 g/mol. The summed E-state index contributed by atoms with van der Waals surface area (Å²) in [5, 5.41) is 11.9. The lowest BCUT2D eigenvalue weighted by Crippen LogP contribution is -2.16. The molecule has 2 aromatic rings. The molecule has 0 saturated carbocycles. The van der Waals surface area contributed by atoms with Crippen molar-refractivity contribution in [2.45, 2.75) is 19.3 Å². The monoisotopic (exact) mass is 308 g/mol. The Bertz CT molecular complexity index is 672. The molecule has 0 aliphatic rings. The Morgan fingerprint density at radius 1 is 1.24 bits per heavy atom. The van der Waals surface area contributed by atoms with Gasteiger partial charge in [-0.2, -0.15) is 0 Å². The zero-order valence-corrected chi connectivity index (χ0v) is 12.4. The zero-order valence-electron chi connectivity index (χ0n) is 11.5. The number of aliphatic hydroxyl groups is 1. The third-order valence-electron chi connectivity index (χ3n) is 3.06. The molecule has 7 heteroatoms. The summed E-state index contributed by atoms with van der Waals surface area (Å²) in [4.78, 5) is 22.2. The van der Waals surface area contributed by atoms with Gasteiger partial charge in [0.05, 0.1) is 6.61 Å². The molecule has 1 aromatic heterocycles. The molecule has 0 fully saturated rings. The maximum absolute atomic E-state index is 11.2. The average Bonchev–Trinajstić information content (AvgIpc) is 2.46. The third-order valence-corrected chi connectivity index (χ3v) is 4.20. The molecule has 112 valence electrons. The summed E-state index contributed by atoms with van der Waals surface area (Å²) in [5.74, 6) is -0.623. The molecule has 21 heavy (non-hydrogen) atoms. The van der Waals surface area contributed by atoms with Crippen molar-refractivity contribution in [2.75, 3.05) is 5.32 Å². The summed E-state index contributed by atoms with van der Waals surface area (Å²) in [6.45, 7) is 1.36. The van der Waals surface area contributed by atoms with E-state index in [0.717, 1.165) is 16.7 Å². The van der Waals surface area contributed by atoms with Crippen LogP contribution in [0.1, 0.15) is 12.5 Å². The van der Waals surface area contributed by atoms with Crippen molar-refractivity contribution >= 4 is 13.4 Å². The number of nitrogens with one attached hydrogen (secondary N) is 1. The topological polar surface area (TPSA) is 103 Å². The highest BCUT2D eigenvalue weighted by Gasteiger charge is 2.23. The van der Waals surface area contributed by atoms with Gasteiger partial charge < -0.3 is 20.2 Å². The standard InChI is InChI=1S/C14H17N2O4P/c1-10(21(18,19)20)16-14-8-13(5-6-15-14)12-4-2-3-11(7-12)9-17/h2-8,10,17H,9H2,1H3,(H,15,16)(H2,18,19,20). The smallest absolute Gasteiger partial charge is 0.347 e. The van der Waals surface area contributed by atoms with Crippen molar-refractivity contribution in [3.63, 3.8) is 0 Å². The molecule has 1 aromatic carbocycles. The normalized spacial score (nSPS) is 13.0. The largest absolute Gasteiger partial charge is 0.392 e. The first-order chi connectivity index (χ1) is 9.90. The van der Waals surface area contributed by atoms with Gasteiger partial charge in [-0.25, -0.2) is 4.98 Å². The van der Waals surface area contributed by atoms with E-state index in [0.29, 0.717) is 5.82 Å². The molecule has 0 aliphatic carbocycles. The number of benzene rings is 1. The Labute approximate surface area is 122 Å². The van der Waals surface area contributed by atoms with Crippen LogP contribution in [0.4, 0.5) is 5.82 Å². The lowest BCUT2D eigenvalue weighted by molar-refractivity contribution is 0.282. The Morgan fingerprint density at radius 3 is 2.62 bits per heavy atom. The van der Waals surface area contributed by atoms with Crippen molar-refractivity contribution < 1.29 is 19.5 Å². The maximum Gasteiger partial charge on any atom is 0.347 e. The summed E-state index contributed by atoms with van der Waals surface area (Å²) in [6, 6.07) is 10.9. The second kappa shape index (κ2) is 6.37. The van der Waals surface area contributed by atoms with Crippen LogP contribution in [0.25, 0.3) is 11.1 Å². The van der Waals surface area contributed by atoms with Gasteiger partial charge in [0.25, 0.3) is 0 Å². The Kier molecular flexibility index (Phi) is 4.75. The SMILES string of the molecule is CC(Nc1cc(-c2cccc(CO)c2)ccn1)P(=O)(O)O. The minimum Gasteiger partial charge on any atom is -0.392 e. The number of aliphatic hydroxyl groups excluding tert-OH is 1. The maximum atomic E-state index is 11.2. The van der Waals surface area contributed by atoms with Crippen molar-refractivity contribution in [2.24, 2.45) is 0 Å². The van der Waals surface area contributed by atoms with Crippen LogP contribution in [0.5, 0.6) is 0 Å². The highest BCUT2D eigenvalue weighted by atomic mass is 31.2. The molecule has 0 amide bonds. The molecule has 0 spiro atoms. The van der Waals surface area contributed by atoms with Crippen molar-refractivity contribution in [1.29, 1.82) is 0 Å². The predicted octanol–water partition coefficient (Wildman–Crippen LogP) is 2.18. The number of anilines is 1. The van der Waals surface area contributed by atoms with Gasteiger partial charge in [0.1, 0.15) is 11.6 Å². The first kappa shape index (κ1) is 15.7. The number of nitrogens with zero attached hydrogens (tertiary/aromatic N) is 1. The van der Waals surface area contributed by atoms with Crippen molar-refractivity contribution in [1.82, 2.24) is 4.98 Å². The molecule has 0 radical (unpaired) electrons. The highest BCUT2D eigenvalue weighted by molar-refractivity contribution is 7.52. The molecule has 0 bridgehead atoms.